The molecule has 0 amide bonds. The van der Waals surface area contributed by atoms with Crippen LogP contribution < -0.4 is 0 Å². The lowest BCUT2D eigenvalue weighted by atomic mass is 9.56. The molecule has 2 saturated heterocycles. The van der Waals surface area contributed by atoms with Crippen LogP contribution in [0.1, 0.15) is 24.0 Å². The molecule has 0 aromatic heterocycles. The first-order valence-corrected chi connectivity index (χ1v) is 7.31. The molecule has 2 fully saturated rings. The summed E-state index contributed by atoms with van der Waals surface area (Å²) in [6.45, 7) is 2.86. The minimum Gasteiger partial charge on any atom is -0.508 e. The van der Waals surface area contributed by atoms with Gasteiger partial charge in [0, 0.05) is 18.1 Å². The van der Waals surface area contributed by atoms with Crippen LogP contribution in [0, 0.1) is 5.92 Å². The van der Waals surface area contributed by atoms with Gasteiger partial charge in [0.25, 0.3) is 0 Å². The van der Waals surface area contributed by atoms with Crippen LogP contribution in [0.15, 0.2) is 18.2 Å². The Morgan fingerprint density at radius 3 is 3.21 bits per heavy atom. The van der Waals surface area contributed by atoms with Crippen molar-refractivity contribution in [1.29, 1.82) is 0 Å². The molecule has 1 aromatic rings. The summed E-state index contributed by atoms with van der Waals surface area (Å²) in [5.74, 6) is 1.09. The van der Waals surface area contributed by atoms with Crippen LogP contribution in [-0.2, 0) is 16.6 Å². The molecule has 2 bridgehead atoms. The van der Waals surface area contributed by atoms with Crippen molar-refractivity contribution in [3.8, 4) is 5.75 Å². The Balaban J connectivity index is 1.90. The Morgan fingerprint density at radius 2 is 2.32 bits per heavy atom. The predicted octanol–water partition coefficient (Wildman–Crippen LogP) is 1.93. The van der Waals surface area contributed by atoms with Gasteiger partial charge < -0.3 is 14.7 Å². The minimum absolute atomic E-state index is 0.155. The largest absolute Gasteiger partial charge is 0.508 e. The maximum atomic E-state index is 9.87. The highest BCUT2D eigenvalue weighted by atomic mass is 16.5. The zero-order valence-corrected chi connectivity index (χ0v) is 11.4. The smallest absolute Gasteiger partial charge is 0.115 e. The van der Waals surface area contributed by atoms with Crippen molar-refractivity contribution in [3.05, 3.63) is 29.3 Å². The fraction of sp³-hybridized carbons (Fsp3) is 0.625. The summed E-state index contributed by atoms with van der Waals surface area (Å²) in [5.41, 5.74) is 2.93. The van der Waals surface area contributed by atoms with Gasteiger partial charge in [-0.3, -0.25) is 0 Å². The lowest BCUT2D eigenvalue weighted by Crippen LogP contribution is -2.62. The van der Waals surface area contributed by atoms with E-state index in [2.05, 4.69) is 18.0 Å². The van der Waals surface area contributed by atoms with Crippen molar-refractivity contribution in [2.75, 3.05) is 26.8 Å². The molecule has 3 atom stereocenters. The van der Waals surface area contributed by atoms with Gasteiger partial charge in [0.15, 0.2) is 0 Å². The number of aromatic hydroxyl groups is 1. The molecular weight excluding hydrogens is 238 g/mol. The Morgan fingerprint density at radius 1 is 1.42 bits per heavy atom. The van der Waals surface area contributed by atoms with Crippen LogP contribution in [0.3, 0.4) is 0 Å². The summed E-state index contributed by atoms with van der Waals surface area (Å²) in [6.07, 6.45) is 3.43. The summed E-state index contributed by atoms with van der Waals surface area (Å²) in [6, 6.07) is 6.59. The number of likely N-dealkylation sites (N-methyl/N-ethyl adjacent to an activating group) is 1. The number of benzene rings is 1. The number of hydrogen-bond acceptors (Lipinski definition) is 3. The SMILES string of the molecule is CN1CC[C@]23COCC[C@H]2[C@H]1Cc1ccc(O)cc13. The highest BCUT2D eigenvalue weighted by molar-refractivity contribution is 5.45. The minimum atomic E-state index is 0.155. The van der Waals surface area contributed by atoms with Gasteiger partial charge in [-0.15, -0.1) is 0 Å². The van der Waals surface area contributed by atoms with Crippen LogP contribution >= 0.6 is 0 Å². The maximum absolute atomic E-state index is 9.87. The average Bonchev–Trinajstić information content (AvgIpc) is 2.43. The molecule has 0 saturated carbocycles. The standard InChI is InChI=1S/C16H21NO2/c1-17-6-5-16-10-19-7-4-13(16)15(17)8-11-2-3-12(18)9-14(11)16/h2-3,9,13,15,18H,4-8,10H2,1H3/t13-,15+,16-/m0/s1. The van der Waals surface area contributed by atoms with Crippen molar-refractivity contribution < 1.29 is 9.84 Å². The van der Waals surface area contributed by atoms with E-state index in [9.17, 15) is 5.11 Å². The lowest BCUT2D eigenvalue weighted by Gasteiger charge is -2.58. The van der Waals surface area contributed by atoms with Crippen LogP contribution in [-0.4, -0.2) is 42.9 Å². The first kappa shape index (κ1) is 11.7. The van der Waals surface area contributed by atoms with E-state index >= 15 is 0 Å². The molecule has 3 heteroatoms. The van der Waals surface area contributed by atoms with Gasteiger partial charge in [-0.25, -0.2) is 0 Å². The van der Waals surface area contributed by atoms with Crippen LogP contribution in [0.25, 0.3) is 0 Å². The molecule has 2 heterocycles. The number of likely N-dealkylation sites (tertiary alicyclic amines) is 1. The number of phenolic OH excluding ortho intramolecular Hbond substituents is 1. The van der Waals surface area contributed by atoms with Crippen LogP contribution in [0.5, 0.6) is 5.75 Å². The van der Waals surface area contributed by atoms with Gasteiger partial charge in [-0.05, 0) is 62.0 Å². The average molecular weight is 259 g/mol. The molecule has 4 rings (SSSR count). The zero-order valence-electron chi connectivity index (χ0n) is 11.4. The van der Waals surface area contributed by atoms with E-state index in [1.54, 1.807) is 0 Å². The first-order chi connectivity index (χ1) is 9.21. The third-order valence-electron chi connectivity index (χ3n) is 5.64. The van der Waals surface area contributed by atoms with E-state index in [1.807, 2.05) is 12.1 Å². The van der Waals surface area contributed by atoms with Crippen molar-refractivity contribution in [2.45, 2.75) is 30.7 Å². The van der Waals surface area contributed by atoms with Gasteiger partial charge in [0.05, 0.1) is 6.61 Å². The van der Waals surface area contributed by atoms with Gasteiger partial charge >= 0.3 is 0 Å². The van der Waals surface area contributed by atoms with Crippen molar-refractivity contribution in [1.82, 2.24) is 4.90 Å². The molecule has 1 aliphatic carbocycles. The van der Waals surface area contributed by atoms with Gasteiger partial charge in [-0.1, -0.05) is 6.07 Å². The molecule has 0 spiro atoms. The maximum Gasteiger partial charge on any atom is 0.115 e. The quantitative estimate of drug-likeness (QED) is 0.772. The highest BCUT2D eigenvalue weighted by Crippen LogP contribution is 2.52. The Labute approximate surface area is 114 Å². The molecule has 19 heavy (non-hydrogen) atoms. The topological polar surface area (TPSA) is 32.7 Å². The second-order valence-electron chi connectivity index (χ2n) is 6.45. The second-order valence-corrected chi connectivity index (χ2v) is 6.45. The van der Waals surface area contributed by atoms with E-state index in [-0.39, 0.29) is 5.41 Å². The third kappa shape index (κ3) is 1.52. The normalized spacial score (nSPS) is 37.5. The molecule has 0 unspecified atom stereocenters. The predicted molar refractivity (Wildman–Crippen MR) is 73.4 cm³/mol. The van der Waals surface area contributed by atoms with Gasteiger partial charge in [0.2, 0.25) is 0 Å². The number of nitrogens with zero attached hydrogens (tertiary/aromatic N) is 1. The molecule has 2 aliphatic heterocycles. The lowest BCUT2D eigenvalue weighted by molar-refractivity contribution is -0.0765. The fourth-order valence-corrected chi connectivity index (χ4v) is 4.66. The number of fused-ring (bicyclic) bond motifs is 1. The number of phenols is 1. The Bertz CT molecular complexity index is 515. The number of hydrogen-bond donors (Lipinski definition) is 1. The van der Waals surface area contributed by atoms with E-state index in [4.69, 9.17) is 4.74 Å². The van der Waals surface area contributed by atoms with E-state index in [0.717, 1.165) is 39.0 Å². The van der Waals surface area contributed by atoms with Crippen molar-refractivity contribution >= 4 is 0 Å². The number of ether oxygens (including phenoxy) is 1. The molecule has 1 aromatic carbocycles. The highest BCUT2D eigenvalue weighted by Gasteiger charge is 2.53. The van der Waals surface area contributed by atoms with Gasteiger partial charge in [0.1, 0.15) is 5.75 Å². The molecular formula is C16H21NO2. The summed E-state index contributed by atoms with van der Waals surface area (Å²) >= 11 is 0. The summed E-state index contributed by atoms with van der Waals surface area (Å²) in [4.78, 5) is 2.53. The summed E-state index contributed by atoms with van der Waals surface area (Å²) < 4.78 is 5.85. The molecule has 102 valence electrons. The van der Waals surface area contributed by atoms with Crippen molar-refractivity contribution in [3.63, 3.8) is 0 Å². The van der Waals surface area contributed by atoms with Crippen LogP contribution in [0.2, 0.25) is 0 Å². The van der Waals surface area contributed by atoms with E-state index in [1.165, 1.54) is 11.1 Å². The second kappa shape index (κ2) is 3.97. The Hall–Kier alpha value is -1.06. The first-order valence-electron chi connectivity index (χ1n) is 7.31. The van der Waals surface area contributed by atoms with E-state index < -0.39 is 0 Å². The van der Waals surface area contributed by atoms with Gasteiger partial charge in [-0.2, -0.15) is 0 Å². The summed E-state index contributed by atoms with van der Waals surface area (Å²) in [5, 5.41) is 9.87. The van der Waals surface area contributed by atoms with E-state index in [0.29, 0.717) is 17.7 Å². The molecule has 1 N–H and O–H groups in total. The monoisotopic (exact) mass is 259 g/mol. The number of piperidine rings is 1. The zero-order chi connectivity index (χ0) is 13.0. The van der Waals surface area contributed by atoms with Crippen LogP contribution in [0.4, 0.5) is 0 Å². The molecule has 3 aliphatic rings. The number of rotatable bonds is 0. The molecule has 3 nitrogen and oxygen atoms in total. The fourth-order valence-electron chi connectivity index (χ4n) is 4.66. The van der Waals surface area contributed by atoms with Crippen molar-refractivity contribution in [2.24, 2.45) is 5.92 Å². The Kier molecular flexibility index (Phi) is 2.45. The third-order valence-corrected chi connectivity index (χ3v) is 5.64. The summed E-state index contributed by atoms with van der Waals surface area (Å²) in [7, 11) is 2.26. The molecule has 0 radical (unpaired) electrons.